The van der Waals surface area contributed by atoms with Crippen molar-refractivity contribution in [1.29, 1.82) is 0 Å². The highest BCUT2D eigenvalue weighted by Gasteiger charge is 2.51. The van der Waals surface area contributed by atoms with E-state index in [4.69, 9.17) is 30.8 Å². The third kappa shape index (κ3) is 8.96. The summed E-state index contributed by atoms with van der Waals surface area (Å²) in [4.78, 5) is 11.1. The fourth-order valence-electron chi connectivity index (χ4n) is 4.10. The zero-order valence-corrected chi connectivity index (χ0v) is 21.0. The van der Waals surface area contributed by atoms with Gasteiger partial charge in [-0.05, 0) is 12.8 Å². The van der Waals surface area contributed by atoms with Crippen LogP contribution in [0.4, 0.5) is 0 Å². The van der Waals surface area contributed by atoms with E-state index in [1.165, 1.54) is 7.11 Å². The van der Waals surface area contributed by atoms with Gasteiger partial charge in [0.1, 0.15) is 48.8 Å². The number of esters is 1. The van der Waals surface area contributed by atoms with E-state index in [0.29, 0.717) is 12.8 Å². The number of hydrogen-bond donors (Lipinski definition) is 6. The van der Waals surface area contributed by atoms with Crippen LogP contribution in [0.25, 0.3) is 0 Å². The fourth-order valence-corrected chi connectivity index (χ4v) is 4.22. The third-order valence-corrected chi connectivity index (χ3v) is 6.42. The van der Waals surface area contributed by atoms with Crippen molar-refractivity contribution < 1.29 is 63.4 Å². The second-order valence-electron chi connectivity index (χ2n) is 8.92. The van der Waals surface area contributed by atoms with Gasteiger partial charge in [0, 0.05) is 13.0 Å². The van der Waals surface area contributed by atoms with Crippen molar-refractivity contribution >= 4 is 17.8 Å². The lowest BCUT2D eigenvalue weighted by atomic mass is 9.97. The molecule has 2 fully saturated rings. The Morgan fingerprint density at radius 2 is 1.42 bits per heavy atom. The summed E-state index contributed by atoms with van der Waals surface area (Å²) in [6, 6.07) is 0. The Labute approximate surface area is 214 Å². The van der Waals surface area contributed by atoms with E-state index in [9.17, 15) is 35.4 Å². The summed E-state index contributed by atoms with van der Waals surface area (Å²) in [5, 5.41) is 60.7. The predicted molar refractivity (Wildman–Crippen MR) is 121 cm³/mol. The molecule has 13 nitrogen and oxygen atoms in total. The van der Waals surface area contributed by atoms with E-state index >= 15 is 0 Å². The van der Waals surface area contributed by atoms with Crippen LogP contribution in [0.3, 0.4) is 0 Å². The summed E-state index contributed by atoms with van der Waals surface area (Å²) in [6.45, 7) is -0.689. The topological polar surface area (TPSA) is 194 Å². The molecule has 0 unspecified atom stereocenters. The zero-order valence-electron chi connectivity index (χ0n) is 20.3. The van der Waals surface area contributed by atoms with Crippen LogP contribution in [0, 0.1) is 0 Å². The number of methoxy groups -OCH3 is 1. The smallest absolute Gasteiger partial charge is 0.305 e. The summed E-state index contributed by atoms with van der Waals surface area (Å²) >= 11 is 5.29. The normalized spacial score (nSPS) is 37.1. The molecule has 0 saturated carbocycles. The quantitative estimate of drug-likeness (QED) is 0.105. The number of rotatable bonds is 15. The molecule has 0 aromatic carbocycles. The molecule has 0 aromatic rings. The number of aliphatic hydroxyl groups is 6. The second kappa shape index (κ2) is 16.3. The maximum atomic E-state index is 11.1. The first-order chi connectivity index (χ1) is 17.2. The molecule has 212 valence electrons. The predicted octanol–water partition coefficient (Wildman–Crippen LogP) is -1.29. The molecule has 0 bridgehead atoms. The monoisotopic (exact) mass is 546 g/mol. The highest BCUT2D eigenvalue weighted by molar-refractivity contribution is 6.07. The van der Waals surface area contributed by atoms with Gasteiger partial charge in [0.2, 0.25) is 0 Å². The molecule has 0 spiro atoms. The number of aliphatic hydroxyl groups excluding tert-OH is 6. The average Bonchev–Trinajstić information content (AvgIpc) is 2.87. The van der Waals surface area contributed by atoms with Crippen molar-refractivity contribution in [3.63, 3.8) is 0 Å². The van der Waals surface area contributed by atoms with Crippen LogP contribution in [-0.4, -0.2) is 125 Å². The second-order valence-corrected chi connectivity index (χ2v) is 9.13. The maximum Gasteiger partial charge on any atom is 0.305 e. The molecular formula is C22H39ClO13. The molecule has 0 aromatic heterocycles. The summed E-state index contributed by atoms with van der Waals surface area (Å²) in [5.41, 5.74) is 0. The molecule has 0 radical (unpaired) electrons. The highest BCUT2D eigenvalue weighted by Crippen LogP contribution is 2.30. The Hall–Kier alpha value is -0.680. The molecule has 10 atom stereocenters. The molecule has 36 heavy (non-hydrogen) atoms. The number of ether oxygens (including phenoxy) is 5. The first-order valence-electron chi connectivity index (χ1n) is 12.1. The Balaban J connectivity index is 1.89. The minimum atomic E-state index is -1.71. The molecule has 0 aliphatic carbocycles. The van der Waals surface area contributed by atoms with Gasteiger partial charge < -0.3 is 54.3 Å². The number of carbonyl (C=O) groups is 1. The first-order valence-corrected chi connectivity index (χ1v) is 12.5. The number of unbranched alkanes of at least 4 members (excludes halogenated alkanes) is 5. The Kier molecular flexibility index (Phi) is 14.3. The molecule has 2 aliphatic heterocycles. The van der Waals surface area contributed by atoms with Crippen molar-refractivity contribution in [2.75, 3.05) is 26.9 Å². The minimum absolute atomic E-state index is 0.221. The summed E-state index contributed by atoms with van der Waals surface area (Å²) < 4.78 is 31.6. The van der Waals surface area contributed by atoms with Gasteiger partial charge in [0.05, 0.1) is 32.2 Å². The van der Waals surface area contributed by atoms with E-state index in [-0.39, 0.29) is 19.2 Å². The van der Waals surface area contributed by atoms with Crippen LogP contribution in [0.2, 0.25) is 0 Å². The zero-order chi connectivity index (χ0) is 26.7. The fraction of sp³-hybridized carbons (Fsp3) is 0.955. The van der Waals surface area contributed by atoms with Gasteiger partial charge in [-0.3, -0.25) is 9.08 Å². The average molecular weight is 547 g/mol. The van der Waals surface area contributed by atoms with E-state index in [0.717, 1.165) is 32.1 Å². The summed E-state index contributed by atoms with van der Waals surface area (Å²) in [6.07, 6.45) is -8.99. The van der Waals surface area contributed by atoms with Gasteiger partial charge in [0.15, 0.2) is 12.6 Å². The molecule has 2 saturated heterocycles. The van der Waals surface area contributed by atoms with Crippen molar-refractivity contribution in [2.24, 2.45) is 0 Å². The van der Waals surface area contributed by atoms with Crippen LogP contribution >= 0.6 is 11.9 Å². The van der Waals surface area contributed by atoms with Crippen molar-refractivity contribution in [3.05, 3.63) is 0 Å². The van der Waals surface area contributed by atoms with Gasteiger partial charge in [-0.15, -0.1) is 0 Å². The number of carbonyl (C=O) groups excluding carboxylic acids is 1. The van der Waals surface area contributed by atoms with Gasteiger partial charge in [-0.1, -0.05) is 25.7 Å². The van der Waals surface area contributed by atoms with Gasteiger partial charge in [-0.2, -0.15) is 0 Å². The molecule has 2 aliphatic rings. The van der Waals surface area contributed by atoms with Gasteiger partial charge in [0.25, 0.3) is 0 Å². The van der Waals surface area contributed by atoms with Crippen LogP contribution < -0.4 is 0 Å². The molecular weight excluding hydrogens is 508 g/mol. The molecule has 2 heterocycles. The largest absolute Gasteiger partial charge is 0.469 e. The van der Waals surface area contributed by atoms with Gasteiger partial charge in [-0.25, -0.2) is 0 Å². The molecule has 0 amide bonds. The SMILES string of the molecule is COC(=O)CCCCCCCCO[C@H]1O[C@H](COCl)[C@@H](O)[C@H](O)[C@H]1O[C@H]1O[C@H](CO)[C@@H](O)[C@H](O)[C@H]1O. The third-order valence-electron chi connectivity index (χ3n) is 6.30. The summed E-state index contributed by atoms with van der Waals surface area (Å²) in [7, 11) is 1.36. The standard InChI is InChI=1S/C22H39ClO13/c1-31-14(25)8-6-4-2-3-5-7-9-32-22-20(18(29)16(27)13(35-22)11-33-23)36-21-19(30)17(28)15(26)12(10-24)34-21/h12-13,15-22,24,26-30H,2-11H2,1H3/t12-,13-,15-,16-,17+,18+,19-,20-,21-,22+/m1/s1. The van der Waals surface area contributed by atoms with Crippen molar-refractivity contribution in [3.8, 4) is 0 Å². The lowest BCUT2D eigenvalue weighted by Crippen LogP contribution is -2.64. The number of hydrogen-bond acceptors (Lipinski definition) is 13. The Morgan fingerprint density at radius 1 is 0.806 bits per heavy atom. The lowest BCUT2D eigenvalue weighted by Gasteiger charge is -2.46. The van der Waals surface area contributed by atoms with Crippen molar-refractivity contribution in [1.82, 2.24) is 0 Å². The summed E-state index contributed by atoms with van der Waals surface area (Å²) in [5.74, 6) is -0.221. The molecule has 2 rings (SSSR count). The van der Waals surface area contributed by atoms with Crippen LogP contribution in [0.15, 0.2) is 0 Å². The minimum Gasteiger partial charge on any atom is -0.469 e. The van der Waals surface area contributed by atoms with Crippen LogP contribution in [-0.2, 0) is 32.8 Å². The Morgan fingerprint density at radius 3 is 2.06 bits per heavy atom. The molecule has 6 N–H and O–H groups in total. The van der Waals surface area contributed by atoms with Crippen LogP contribution in [0.5, 0.6) is 0 Å². The van der Waals surface area contributed by atoms with Gasteiger partial charge >= 0.3 is 5.97 Å². The van der Waals surface area contributed by atoms with Crippen LogP contribution in [0.1, 0.15) is 44.9 Å². The Bertz CT molecular complexity index is 627. The van der Waals surface area contributed by atoms with E-state index in [1.54, 1.807) is 0 Å². The lowest BCUT2D eigenvalue weighted by molar-refractivity contribution is -0.367. The highest BCUT2D eigenvalue weighted by atomic mass is 35.5. The first kappa shape index (κ1) is 31.5. The number of halogens is 1. The van der Waals surface area contributed by atoms with E-state index in [2.05, 4.69) is 9.03 Å². The van der Waals surface area contributed by atoms with Crippen molar-refractivity contribution in [2.45, 2.75) is 106 Å². The van der Waals surface area contributed by atoms with E-state index < -0.39 is 68.0 Å². The van der Waals surface area contributed by atoms with E-state index in [1.807, 2.05) is 0 Å². The maximum absolute atomic E-state index is 11.1. The molecule has 14 heteroatoms.